The van der Waals surface area contributed by atoms with Crippen LogP contribution in [0.5, 0.6) is 0 Å². The molecule has 3 nitrogen and oxygen atoms in total. The van der Waals surface area contributed by atoms with Gasteiger partial charge in [0.1, 0.15) is 5.82 Å². The number of H-pyrrole nitrogens is 1. The molecule has 0 aliphatic heterocycles. The Morgan fingerprint density at radius 3 is 2.70 bits per heavy atom. The smallest absolute Gasteiger partial charge is 0.148 e. The first-order chi connectivity index (χ1) is 4.75. The number of hydrogen-bond acceptors (Lipinski definition) is 2. The van der Waals surface area contributed by atoms with Crippen LogP contribution in [0.2, 0.25) is 0 Å². The molecule has 3 N–H and O–H groups in total. The van der Waals surface area contributed by atoms with Crippen molar-refractivity contribution in [2.75, 3.05) is 5.73 Å². The minimum absolute atomic E-state index is 0.628. The van der Waals surface area contributed by atoms with E-state index in [0.29, 0.717) is 5.82 Å². The Hall–Kier alpha value is -0.990. The maximum atomic E-state index is 5.53. The molecule has 3 heteroatoms. The van der Waals surface area contributed by atoms with Crippen LogP contribution in [0.3, 0.4) is 0 Å². The lowest BCUT2D eigenvalue weighted by Gasteiger charge is -1.93. The summed E-state index contributed by atoms with van der Waals surface area (Å²) in [7, 11) is 0. The fourth-order valence-electron chi connectivity index (χ4n) is 0.943. The lowest BCUT2D eigenvalue weighted by Crippen LogP contribution is -1.88. The monoisotopic (exact) mass is 139 g/mol. The zero-order chi connectivity index (χ0) is 7.56. The molecule has 0 spiro atoms. The summed E-state index contributed by atoms with van der Waals surface area (Å²) >= 11 is 0. The van der Waals surface area contributed by atoms with E-state index in [1.165, 1.54) is 5.69 Å². The average Bonchev–Trinajstić information content (AvgIpc) is 2.20. The summed E-state index contributed by atoms with van der Waals surface area (Å²) in [5.74, 6) is 0.628. The molecule has 0 bridgehead atoms. The molecule has 1 aromatic heterocycles. The van der Waals surface area contributed by atoms with Crippen LogP contribution in [-0.2, 0) is 6.42 Å². The number of aryl methyl sites for hydroxylation is 1. The molecule has 0 atom stereocenters. The summed E-state index contributed by atoms with van der Waals surface area (Å²) in [5.41, 5.74) is 7.79. The SMILES string of the molecule is CCCc1[nH]nc(N)c1C. The zero-order valence-corrected chi connectivity index (χ0v) is 6.44. The van der Waals surface area contributed by atoms with Gasteiger partial charge in [0.15, 0.2) is 0 Å². The van der Waals surface area contributed by atoms with Crippen LogP contribution in [0.4, 0.5) is 5.82 Å². The molecule has 0 fully saturated rings. The van der Waals surface area contributed by atoms with Gasteiger partial charge in [-0.25, -0.2) is 0 Å². The molecular weight excluding hydrogens is 126 g/mol. The number of rotatable bonds is 2. The maximum absolute atomic E-state index is 5.53. The summed E-state index contributed by atoms with van der Waals surface area (Å²) in [4.78, 5) is 0. The molecule has 0 saturated carbocycles. The minimum atomic E-state index is 0.628. The third-order valence-corrected chi connectivity index (χ3v) is 1.65. The molecule has 0 unspecified atom stereocenters. The van der Waals surface area contributed by atoms with Crippen molar-refractivity contribution in [3.8, 4) is 0 Å². The molecule has 0 aliphatic rings. The van der Waals surface area contributed by atoms with E-state index in [1.54, 1.807) is 0 Å². The van der Waals surface area contributed by atoms with E-state index in [4.69, 9.17) is 5.73 Å². The van der Waals surface area contributed by atoms with Gasteiger partial charge in [-0.15, -0.1) is 0 Å². The number of nitrogens with zero attached hydrogens (tertiary/aromatic N) is 1. The summed E-state index contributed by atoms with van der Waals surface area (Å²) in [6.07, 6.45) is 2.17. The molecule has 0 radical (unpaired) electrons. The first kappa shape index (κ1) is 7.12. The number of hydrogen-bond donors (Lipinski definition) is 2. The first-order valence-corrected chi connectivity index (χ1v) is 3.55. The highest BCUT2D eigenvalue weighted by Gasteiger charge is 2.02. The van der Waals surface area contributed by atoms with E-state index in [-0.39, 0.29) is 0 Å². The van der Waals surface area contributed by atoms with Crippen molar-refractivity contribution in [1.29, 1.82) is 0 Å². The summed E-state index contributed by atoms with van der Waals surface area (Å²) in [6.45, 7) is 4.13. The second-order valence-electron chi connectivity index (χ2n) is 2.46. The number of nitrogen functional groups attached to an aromatic ring is 1. The Bertz CT molecular complexity index is 215. The normalized spacial score (nSPS) is 10.2. The quantitative estimate of drug-likeness (QED) is 0.648. The number of aromatic amines is 1. The molecule has 0 amide bonds. The van der Waals surface area contributed by atoms with Crippen LogP contribution >= 0.6 is 0 Å². The van der Waals surface area contributed by atoms with E-state index < -0.39 is 0 Å². The Labute approximate surface area is 60.6 Å². The van der Waals surface area contributed by atoms with Gasteiger partial charge in [0.25, 0.3) is 0 Å². The molecule has 1 rings (SSSR count). The van der Waals surface area contributed by atoms with Gasteiger partial charge in [-0.2, -0.15) is 5.10 Å². The van der Waals surface area contributed by atoms with E-state index in [9.17, 15) is 0 Å². The van der Waals surface area contributed by atoms with Crippen LogP contribution in [0.25, 0.3) is 0 Å². The van der Waals surface area contributed by atoms with Gasteiger partial charge >= 0.3 is 0 Å². The Morgan fingerprint density at radius 2 is 2.30 bits per heavy atom. The van der Waals surface area contributed by atoms with E-state index in [1.807, 2.05) is 6.92 Å². The largest absolute Gasteiger partial charge is 0.382 e. The van der Waals surface area contributed by atoms with E-state index >= 15 is 0 Å². The minimum Gasteiger partial charge on any atom is -0.382 e. The predicted molar refractivity (Wildman–Crippen MR) is 41.7 cm³/mol. The lowest BCUT2D eigenvalue weighted by molar-refractivity contribution is 0.861. The fourth-order valence-corrected chi connectivity index (χ4v) is 0.943. The van der Waals surface area contributed by atoms with Crippen molar-refractivity contribution < 1.29 is 0 Å². The molecule has 56 valence electrons. The second kappa shape index (κ2) is 2.73. The van der Waals surface area contributed by atoms with Crippen molar-refractivity contribution in [3.05, 3.63) is 11.3 Å². The Morgan fingerprint density at radius 1 is 1.60 bits per heavy atom. The van der Waals surface area contributed by atoms with Crippen molar-refractivity contribution in [2.24, 2.45) is 0 Å². The van der Waals surface area contributed by atoms with Gasteiger partial charge in [0.2, 0.25) is 0 Å². The number of aromatic nitrogens is 2. The summed E-state index contributed by atoms with van der Waals surface area (Å²) in [5, 5.41) is 6.79. The van der Waals surface area contributed by atoms with Gasteiger partial charge in [0, 0.05) is 11.3 Å². The molecule has 0 aromatic carbocycles. The van der Waals surface area contributed by atoms with E-state index in [2.05, 4.69) is 17.1 Å². The molecule has 1 heterocycles. The van der Waals surface area contributed by atoms with Crippen LogP contribution < -0.4 is 5.73 Å². The summed E-state index contributed by atoms with van der Waals surface area (Å²) in [6, 6.07) is 0. The third-order valence-electron chi connectivity index (χ3n) is 1.65. The Kier molecular flexibility index (Phi) is 1.94. The van der Waals surface area contributed by atoms with Gasteiger partial charge < -0.3 is 5.73 Å². The van der Waals surface area contributed by atoms with Gasteiger partial charge in [-0.05, 0) is 13.3 Å². The third kappa shape index (κ3) is 1.12. The maximum Gasteiger partial charge on any atom is 0.148 e. The van der Waals surface area contributed by atoms with Crippen molar-refractivity contribution in [1.82, 2.24) is 10.2 Å². The average molecular weight is 139 g/mol. The van der Waals surface area contributed by atoms with Crippen molar-refractivity contribution in [3.63, 3.8) is 0 Å². The molecule has 0 aliphatic carbocycles. The first-order valence-electron chi connectivity index (χ1n) is 3.55. The Balaban J connectivity index is 2.83. The van der Waals surface area contributed by atoms with Crippen molar-refractivity contribution >= 4 is 5.82 Å². The van der Waals surface area contributed by atoms with Crippen LogP contribution in [0.15, 0.2) is 0 Å². The number of anilines is 1. The fraction of sp³-hybridized carbons (Fsp3) is 0.571. The highest BCUT2D eigenvalue weighted by Crippen LogP contribution is 2.12. The highest BCUT2D eigenvalue weighted by molar-refractivity contribution is 5.40. The zero-order valence-electron chi connectivity index (χ0n) is 6.44. The number of nitrogens with one attached hydrogen (secondary N) is 1. The van der Waals surface area contributed by atoms with Gasteiger partial charge in [0.05, 0.1) is 0 Å². The molecule has 0 saturated heterocycles. The second-order valence-corrected chi connectivity index (χ2v) is 2.46. The van der Waals surface area contributed by atoms with Crippen LogP contribution in [0, 0.1) is 6.92 Å². The van der Waals surface area contributed by atoms with Crippen LogP contribution in [-0.4, -0.2) is 10.2 Å². The predicted octanol–water partition coefficient (Wildman–Crippen LogP) is 1.25. The van der Waals surface area contributed by atoms with Gasteiger partial charge in [-0.1, -0.05) is 13.3 Å². The van der Waals surface area contributed by atoms with Crippen molar-refractivity contribution in [2.45, 2.75) is 26.7 Å². The van der Waals surface area contributed by atoms with E-state index in [0.717, 1.165) is 18.4 Å². The van der Waals surface area contributed by atoms with Crippen LogP contribution in [0.1, 0.15) is 24.6 Å². The molecule has 1 aromatic rings. The standard InChI is InChI=1S/C7H13N3/c1-3-4-6-5(2)7(8)10-9-6/h3-4H2,1-2H3,(H3,8,9,10). The lowest BCUT2D eigenvalue weighted by atomic mass is 10.2. The molecular formula is C7H13N3. The number of nitrogens with two attached hydrogens (primary N) is 1. The topological polar surface area (TPSA) is 54.7 Å². The summed E-state index contributed by atoms with van der Waals surface area (Å²) < 4.78 is 0. The van der Waals surface area contributed by atoms with Gasteiger partial charge in [-0.3, -0.25) is 5.10 Å². The highest BCUT2D eigenvalue weighted by atomic mass is 15.2. The molecule has 10 heavy (non-hydrogen) atoms.